The van der Waals surface area contributed by atoms with Crippen molar-refractivity contribution >= 4 is 144 Å². The molecular formula is C6H10BrClI4O3P2S2. The molecule has 0 bridgehead atoms. The number of rotatable bonds is 11. The Labute approximate surface area is 190 Å². The van der Waals surface area contributed by atoms with Gasteiger partial charge in [0.25, 0.3) is 0 Å². The first-order valence-electron chi connectivity index (χ1n) is 4.58. The van der Waals surface area contributed by atoms with Gasteiger partial charge in [-0.15, -0.1) is 0 Å². The number of alkyl halides is 2. The molecule has 0 saturated heterocycles. The highest BCUT2D eigenvalue weighted by Gasteiger charge is 2.25. The number of halogens is 6. The lowest BCUT2D eigenvalue weighted by molar-refractivity contribution is -0.0416. The summed E-state index contributed by atoms with van der Waals surface area (Å²) in [5.41, 5.74) is -0.517. The van der Waals surface area contributed by atoms with Crippen LogP contribution < -0.4 is 0 Å². The second-order valence-electron chi connectivity index (χ2n) is 2.92. The van der Waals surface area contributed by atoms with E-state index in [1.54, 1.807) is 0 Å². The summed E-state index contributed by atoms with van der Waals surface area (Å²) in [4.78, 5) is 0. The molecule has 3 atom stereocenters. The standard InChI is InChI=1S/C6H10BrClI4O3P2S2/c1-4(2-7)14-5(3-13-18-16(9)10)6(8)15-19-17(11)12/h4-6H,2-3H2,1H3/t4?,5-,6-/m1/s1. The van der Waals surface area contributed by atoms with E-state index in [1.807, 2.05) is 6.92 Å². The first kappa shape index (κ1) is 24.1. The van der Waals surface area contributed by atoms with Crippen molar-refractivity contribution in [3.05, 3.63) is 0 Å². The van der Waals surface area contributed by atoms with E-state index in [1.165, 1.54) is 23.3 Å². The molecule has 0 fully saturated rings. The normalized spacial score (nSPS) is 16.9. The summed E-state index contributed by atoms with van der Waals surface area (Å²) in [7, 11) is 0. The van der Waals surface area contributed by atoms with Crippen molar-refractivity contribution in [2.45, 2.75) is 24.7 Å². The van der Waals surface area contributed by atoms with Gasteiger partial charge in [-0.25, -0.2) is 0 Å². The monoisotopic (exact) mass is 877 g/mol. The molecule has 0 aromatic carbocycles. The summed E-state index contributed by atoms with van der Waals surface area (Å²) >= 11 is 21.8. The van der Waals surface area contributed by atoms with E-state index in [9.17, 15) is 0 Å². The summed E-state index contributed by atoms with van der Waals surface area (Å²) in [6, 6.07) is 0. The average molecular weight is 879 g/mol. The summed E-state index contributed by atoms with van der Waals surface area (Å²) < 4.78 is 16.4. The van der Waals surface area contributed by atoms with E-state index in [0.29, 0.717) is 6.61 Å². The fourth-order valence-electron chi connectivity index (χ4n) is 0.784. The first-order valence-corrected chi connectivity index (χ1v) is 22.7. The van der Waals surface area contributed by atoms with Gasteiger partial charge in [0.1, 0.15) is 10.9 Å². The van der Waals surface area contributed by atoms with Crippen molar-refractivity contribution in [1.29, 1.82) is 0 Å². The van der Waals surface area contributed by atoms with Gasteiger partial charge in [-0.2, -0.15) is 0 Å². The van der Waals surface area contributed by atoms with Crippen molar-refractivity contribution in [3.8, 4) is 0 Å². The second kappa shape index (κ2) is 15.4. The van der Waals surface area contributed by atoms with E-state index in [-0.39, 0.29) is 17.0 Å². The third-order valence-corrected chi connectivity index (χ3v) is 10.6. The van der Waals surface area contributed by atoms with Gasteiger partial charge in [0.2, 0.25) is 0 Å². The molecule has 19 heavy (non-hydrogen) atoms. The van der Waals surface area contributed by atoms with E-state index in [4.69, 9.17) is 24.7 Å². The van der Waals surface area contributed by atoms with Crippen LogP contribution in [-0.2, 0) is 13.1 Å². The Balaban J connectivity index is 4.22. The molecule has 13 heteroatoms. The molecule has 0 aliphatic carbocycles. The molecule has 1 unspecified atom stereocenters. The Morgan fingerprint density at radius 2 is 1.79 bits per heavy atom. The van der Waals surface area contributed by atoms with Crippen LogP contribution in [0.5, 0.6) is 0 Å². The Morgan fingerprint density at radius 3 is 2.26 bits per heavy atom. The third-order valence-electron chi connectivity index (χ3n) is 1.45. The Kier molecular flexibility index (Phi) is 19.5. The summed E-state index contributed by atoms with van der Waals surface area (Å²) in [6.07, 6.45) is -0.213. The molecule has 0 rings (SSSR count). The maximum Gasteiger partial charge on any atom is 0.174 e. The molecule has 0 aromatic heterocycles. The molecule has 116 valence electrons. The highest BCUT2D eigenvalue weighted by atomic mass is 127. The second-order valence-corrected chi connectivity index (χ2v) is 39.1. The van der Waals surface area contributed by atoms with Crippen LogP contribution >= 0.6 is 144 Å². The van der Waals surface area contributed by atoms with Crippen molar-refractivity contribution < 1.29 is 13.1 Å². The van der Waals surface area contributed by atoms with Crippen LogP contribution in [0.4, 0.5) is 0 Å². The van der Waals surface area contributed by atoms with Crippen molar-refractivity contribution in [2.24, 2.45) is 0 Å². The van der Waals surface area contributed by atoms with Gasteiger partial charge in [0.15, 0.2) is 5.56 Å². The van der Waals surface area contributed by atoms with Crippen LogP contribution in [0.3, 0.4) is 0 Å². The fraction of sp³-hybridized carbons (Fsp3) is 1.00. The van der Waals surface area contributed by atoms with Gasteiger partial charge in [-0.05, 0) is 95.1 Å². The molecule has 0 aliphatic rings. The van der Waals surface area contributed by atoms with Gasteiger partial charge >= 0.3 is 0 Å². The summed E-state index contributed by atoms with van der Waals surface area (Å²) in [5.74, 6) is 0. The van der Waals surface area contributed by atoms with Gasteiger partial charge in [-0.1, -0.05) is 27.5 Å². The van der Waals surface area contributed by atoms with E-state index in [0.717, 1.165) is 5.33 Å². The zero-order valence-electron chi connectivity index (χ0n) is 9.35. The van der Waals surface area contributed by atoms with Gasteiger partial charge in [0, 0.05) is 28.7 Å². The van der Waals surface area contributed by atoms with Crippen LogP contribution in [0.2, 0.25) is 0 Å². The lowest BCUT2D eigenvalue weighted by atomic mass is 10.4. The van der Waals surface area contributed by atoms with Gasteiger partial charge in [-0.3, -0.25) is 4.18 Å². The third kappa shape index (κ3) is 15.1. The smallest absolute Gasteiger partial charge is 0.174 e. The van der Waals surface area contributed by atoms with Crippen LogP contribution in [0.25, 0.3) is 0 Å². The summed E-state index contributed by atoms with van der Waals surface area (Å²) in [5, 5.41) is 0.754. The predicted molar refractivity (Wildman–Crippen MR) is 130 cm³/mol. The molecule has 0 heterocycles. The predicted octanol–water partition coefficient (Wildman–Crippen LogP) is 8.24. The molecule has 3 nitrogen and oxygen atoms in total. The molecule has 0 N–H and O–H groups in total. The van der Waals surface area contributed by atoms with Gasteiger partial charge in [0.05, 0.1) is 12.7 Å². The maximum atomic E-state index is 6.24. The van der Waals surface area contributed by atoms with Crippen LogP contribution in [0, 0.1) is 0 Å². The van der Waals surface area contributed by atoms with Crippen LogP contribution in [-0.4, -0.2) is 29.7 Å². The molecule has 0 spiro atoms. The van der Waals surface area contributed by atoms with E-state index >= 15 is 0 Å². The largest absolute Gasteiger partial charge is 0.368 e. The minimum absolute atomic E-state index is 0.0647. The lowest BCUT2D eigenvalue weighted by Crippen LogP contribution is -2.33. The minimum atomic E-state index is -0.517. The van der Waals surface area contributed by atoms with Crippen LogP contribution in [0.1, 0.15) is 6.92 Å². The fourth-order valence-corrected chi connectivity index (χ4v) is 6.49. The lowest BCUT2D eigenvalue weighted by Gasteiger charge is -2.24. The molecule has 0 radical (unpaired) electrons. The maximum absolute atomic E-state index is 6.24. The van der Waals surface area contributed by atoms with Crippen molar-refractivity contribution in [2.75, 3.05) is 11.9 Å². The van der Waals surface area contributed by atoms with Crippen molar-refractivity contribution in [1.82, 2.24) is 0 Å². The topological polar surface area (TPSA) is 27.7 Å². The Bertz CT molecular complexity index is 241. The highest BCUT2D eigenvalue weighted by Crippen LogP contribution is 2.66. The van der Waals surface area contributed by atoms with Crippen LogP contribution in [0.15, 0.2) is 0 Å². The molecule has 0 saturated carbocycles. The molecular weight excluding hydrogens is 869 g/mol. The number of hydrogen-bond donors (Lipinski definition) is 0. The molecule has 0 amide bonds. The number of ether oxygens (including phenoxy) is 1. The zero-order valence-corrected chi connectivity index (χ0v) is 23.7. The van der Waals surface area contributed by atoms with Crippen molar-refractivity contribution in [3.63, 3.8) is 0 Å². The highest BCUT2D eigenvalue weighted by molar-refractivity contribution is 14.3. The minimum Gasteiger partial charge on any atom is -0.368 e. The first-order chi connectivity index (χ1) is 8.86. The Morgan fingerprint density at radius 1 is 1.21 bits per heavy atom. The summed E-state index contributed by atoms with van der Waals surface area (Å²) in [6.45, 7) is 2.40. The van der Waals surface area contributed by atoms with E-state index < -0.39 is 5.56 Å². The van der Waals surface area contributed by atoms with E-state index in [2.05, 4.69) is 104 Å². The molecule has 0 aromatic rings. The number of hydrogen-bond acceptors (Lipinski definition) is 5. The average Bonchev–Trinajstić information content (AvgIpc) is 2.33. The van der Waals surface area contributed by atoms with Gasteiger partial charge < -0.3 is 8.92 Å². The SMILES string of the molecule is CC(CBr)O[C@H](COSP(I)I)[C@H](Cl)OSP(I)I. The zero-order chi connectivity index (χ0) is 14.8. The molecule has 0 aliphatic heterocycles. The Hall–Kier alpha value is 5.13. The quantitative estimate of drug-likeness (QED) is 0.0904.